The molecule has 2 amide bonds. The van der Waals surface area contributed by atoms with Crippen LogP contribution in [-0.4, -0.2) is 18.9 Å². The van der Waals surface area contributed by atoms with E-state index < -0.39 is 11.7 Å². The highest BCUT2D eigenvalue weighted by Gasteiger charge is 2.18. The molecule has 24 heavy (non-hydrogen) atoms. The zero-order valence-electron chi connectivity index (χ0n) is 13.7. The molecule has 0 aliphatic heterocycles. The number of aryl methyl sites for hydroxylation is 1. The fourth-order valence-corrected chi connectivity index (χ4v) is 2.36. The molecule has 124 valence electrons. The van der Waals surface area contributed by atoms with Crippen molar-refractivity contribution in [2.24, 2.45) is 0 Å². The number of rotatable bonds is 5. The molecular weight excluding hydrogens is 307 g/mol. The number of hydrogen-bond donors (Lipinski definition) is 1. The fraction of sp³-hybridized carbons (Fsp3) is 0.158. The average molecular weight is 326 g/mol. The van der Waals surface area contributed by atoms with E-state index in [0.717, 1.165) is 11.6 Å². The summed E-state index contributed by atoms with van der Waals surface area (Å²) in [7, 11) is 1.55. The quantitative estimate of drug-likeness (QED) is 0.858. The van der Waals surface area contributed by atoms with Crippen LogP contribution in [0.3, 0.4) is 0 Å². The Balaban J connectivity index is 2.38. The lowest BCUT2D eigenvalue weighted by Gasteiger charge is -2.22. The van der Waals surface area contributed by atoms with Crippen LogP contribution in [0, 0.1) is 12.7 Å². The largest absolute Gasteiger partial charge is 0.355 e. The molecule has 4 nitrogen and oxygen atoms in total. The second-order valence-corrected chi connectivity index (χ2v) is 5.36. The number of hydrogen-bond acceptors (Lipinski definition) is 2. The van der Waals surface area contributed by atoms with Gasteiger partial charge in [0, 0.05) is 12.6 Å². The summed E-state index contributed by atoms with van der Waals surface area (Å²) in [6.07, 6.45) is 1.14. The average Bonchev–Trinajstić information content (AvgIpc) is 2.59. The topological polar surface area (TPSA) is 49.4 Å². The van der Waals surface area contributed by atoms with Gasteiger partial charge in [0.2, 0.25) is 0 Å². The molecule has 1 N–H and O–H groups in total. The molecule has 5 heteroatoms. The molecule has 0 fully saturated rings. The van der Waals surface area contributed by atoms with Crippen molar-refractivity contribution in [1.29, 1.82) is 0 Å². The van der Waals surface area contributed by atoms with Crippen LogP contribution in [0.5, 0.6) is 0 Å². The van der Waals surface area contributed by atoms with E-state index in [1.54, 1.807) is 50.4 Å². The standard InChI is InChI=1S/C19H19FN2O2/c1-4-18(23)22(17-9-8-13(2)10-16(17)20)12-14-6-5-7-15(11-14)19(24)21-3/h4-11H,1,12H2,2-3H3,(H,21,24). The number of nitrogens with zero attached hydrogens (tertiary/aromatic N) is 1. The highest BCUT2D eigenvalue weighted by molar-refractivity contribution is 6.01. The van der Waals surface area contributed by atoms with E-state index in [2.05, 4.69) is 11.9 Å². The molecule has 0 aliphatic carbocycles. The normalized spacial score (nSPS) is 10.1. The zero-order chi connectivity index (χ0) is 17.7. The molecule has 2 aromatic rings. The maximum absolute atomic E-state index is 14.3. The van der Waals surface area contributed by atoms with Gasteiger partial charge in [-0.1, -0.05) is 24.8 Å². The zero-order valence-corrected chi connectivity index (χ0v) is 13.7. The molecule has 0 saturated heterocycles. The summed E-state index contributed by atoms with van der Waals surface area (Å²) in [5.41, 5.74) is 2.14. The smallest absolute Gasteiger partial charge is 0.251 e. The Hall–Kier alpha value is -2.95. The van der Waals surface area contributed by atoms with Crippen molar-refractivity contribution in [2.45, 2.75) is 13.5 Å². The molecular formula is C19H19FN2O2. The minimum absolute atomic E-state index is 0.135. The lowest BCUT2D eigenvalue weighted by molar-refractivity contribution is -0.114. The third-order valence-electron chi connectivity index (χ3n) is 3.59. The van der Waals surface area contributed by atoms with Crippen LogP contribution in [0.15, 0.2) is 55.1 Å². The van der Waals surface area contributed by atoms with Crippen molar-refractivity contribution in [3.63, 3.8) is 0 Å². The number of halogens is 1. The molecule has 2 rings (SSSR count). The van der Waals surface area contributed by atoms with Crippen molar-refractivity contribution >= 4 is 17.5 Å². The molecule has 0 unspecified atom stereocenters. The molecule has 0 radical (unpaired) electrons. The maximum atomic E-state index is 14.3. The SMILES string of the molecule is C=CC(=O)N(Cc1cccc(C(=O)NC)c1)c1ccc(C)cc1F. The van der Waals surface area contributed by atoms with E-state index in [9.17, 15) is 14.0 Å². The van der Waals surface area contributed by atoms with Gasteiger partial charge < -0.3 is 10.2 Å². The van der Waals surface area contributed by atoms with Crippen molar-refractivity contribution < 1.29 is 14.0 Å². The Labute approximate surface area is 140 Å². The van der Waals surface area contributed by atoms with Gasteiger partial charge in [0.25, 0.3) is 11.8 Å². The van der Waals surface area contributed by atoms with Gasteiger partial charge in [-0.3, -0.25) is 9.59 Å². The predicted octanol–water partition coefficient (Wildman–Crippen LogP) is 3.21. The van der Waals surface area contributed by atoms with Gasteiger partial charge in [-0.05, 0) is 48.4 Å². The van der Waals surface area contributed by atoms with Crippen LogP contribution in [0.1, 0.15) is 21.5 Å². The van der Waals surface area contributed by atoms with Crippen LogP contribution in [0.4, 0.5) is 10.1 Å². The van der Waals surface area contributed by atoms with Gasteiger partial charge in [-0.2, -0.15) is 0 Å². The van der Waals surface area contributed by atoms with Crippen molar-refractivity contribution in [1.82, 2.24) is 5.32 Å². The van der Waals surface area contributed by atoms with E-state index in [-0.39, 0.29) is 18.1 Å². The lowest BCUT2D eigenvalue weighted by Crippen LogP contribution is -2.29. The van der Waals surface area contributed by atoms with E-state index in [1.807, 2.05) is 0 Å². The van der Waals surface area contributed by atoms with Crippen molar-refractivity contribution in [3.8, 4) is 0 Å². The summed E-state index contributed by atoms with van der Waals surface area (Å²) >= 11 is 0. The molecule has 2 aromatic carbocycles. The summed E-state index contributed by atoms with van der Waals surface area (Å²) in [5.74, 6) is -1.12. The highest BCUT2D eigenvalue weighted by atomic mass is 19.1. The van der Waals surface area contributed by atoms with Gasteiger partial charge >= 0.3 is 0 Å². The van der Waals surface area contributed by atoms with Crippen molar-refractivity contribution in [2.75, 3.05) is 11.9 Å². The molecule has 0 spiro atoms. The fourth-order valence-electron chi connectivity index (χ4n) is 2.36. The third-order valence-corrected chi connectivity index (χ3v) is 3.59. The van der Waals surface area contributed by atoms with E-state index in [0.29, 0.717) is 11.1 Å². The third kappa shape index (κ3) is 3.87. The number of amides is 2. The molecule has 0 saturated carbocycles. The Morgan fingerprint density at radius 1 is 1.25 bits per heavy atom. The monoisotopic (exact) mass is 326 g/mol. The molecule has 0 bridgehead atoms. The van der Waals surface area contributed by atoms with Gasteiger partial charge in [-0.25, -0.2) is 4.39 Å². The molecule has 0 aromatic heterocycles. The summed E-state index contributed by atoms with van der Waals surface area (Å²) < 4.78 is 14.3. The lowest BCUT2D eigenvalue weighted by atomic mass is 10.1. The summed E-state index contributed by atoms with van der Waals surface area (Å²) in [6.45, 7) is 5.39. The Morgan fingerprint density at radius 2 is 2.00 bits per heavy atom. The summed E-state index contributed by atoms with van der Waals surface area (Å²) in [6, 6.07) is 11.5. The minimum Gasteiger partial charge on any atom is -0.355 e. The Kier molecular flexibility index (Phi) is 5.47. The first kappa shape index (κ1) is 17.4. The van der Waals surface area contributed by atoms with Crippen LogP contribution in [0.2, 0.25) is 0 Å². The molecule has 0 aliphatic rings. The van der Waals surface area contributed by atoms with Crippen LogP contribution in [-0.2, 0) is 11.3 Å². The number of carbonyl (C=O) groups excluding carboxylic acids is 2. The molecule has 0 atom stereocenters. The van der Waals surface area contributed by atoms with Gasteiger partial charge in [0.15, 0.2) is 0 Å². The van der Waals surface area contributed by atoms with Crippen molar-refractivity contribution in [3.05, 3.63) is 77.6 Å². The maximum Gasteiger partial charge on any atom is 0.251 e. The predicted molar refractivity (Wildman–Crippen MR) is 92.4 cm³/mol. The van der Waals surface area contributed by atoms with Crippen LogP contribution in [0.25, 0.3) is 0 Å². The number of nitrogens with one attached hydrogen (secondary N) is 1. The summed E-state index contributed by atoms with van der Waals surface area (Å²) in [4.78, 5) is 25.2. The second kappa shape index (κ2) is 7.55. The summed E-state index contributed by atoms with van der Waals surface area (Å²) in [5, 5.41) is 2.55. The Bertz CT molecular complexity index is 787. The minimum atomic E-state index is -0.479. The van der Waals surface area contributed by atoms with Crippen LogP contribution < -0.4 is 10.2 Å². The first-order valence-electron chi connectivity index (χ1n) is 7.47. The van der Waals surface area contributed by atoms with Gasteiger partial charge in [-0.15, -0.1) is 0 Å². The van der Waals surface area contributed by atoms with Gasteiger partial charge in [0.1, 0.15) is 5.82 Å². The first-order chi connectivity index (χ1) is 11.5. The first-order valence-corrected chi connectivity index (χ1v) is 7.47. The van der Waals surface area contributed by atoms with Gasteiger partial charge in [0.05, 0.1) is 12.2 Å². The Morgan fingerprint density at radius 3 is 2.62 bits per heavy atom. The number of benzene rings is 2. The highest BCUT2D eigenvalue weighted by Crippen LogP contribution is 2.23. The number of carbonyl (C=O) groups is 2. The number of anilines is 1. The van der Waals surface area contributed by atoms with Crippen LogP contribution >= 0.6 is 0 Å². The second-order valence-electron chi connectivity index (χ2n) is 5.36. The molecule has 0 heterocycles. The van der Waals surface area contributed by atoms with E-state index in [4.69, 9.17) is 0 Å². The van der Waals surface area contributed by atoms with E-state index in [1.165, 1.54) is 11.0 Å². The van der Waals surface area contributed by atoms with E-state index >= 15 is 0 Å².